The lowest BCUT2D eigenvalue weighted by Crippen LogP contribution is -2.42. The average molecular weight is 454 g/mol. The van der Waals surface area contributed by atoms with Crippen molar-refractivity contribution in [2.24, 2.45) is 0 Å². The van der Waals surface area contributed by atoms with Gasteiger partial charge in [0.15, 0.2) is 11.5 Å². The lowest BCUT2D eigenvalue weighted by Gasteiger charge is -2.23. The molecule has 0 bridgehead atoms. The van der Waals surface area contributed by atoms with E-state index in [9.17, 15) is 19.2 Å². The van der Waals surface area contributed by atoms with Crippen molar-refractivity contribution in [2.45, 2.75) is 25.4 Å². The molecule has 10 heteroatoms. The molecule has 10 nitrogen and oxygen atoms in total. The molecule has 1 fully saturated rings. The van der Waals surface area contributed by atoms with Crippen LogP contribution in [-0.2, 0) is 21.7 Å². The van der Waals surface area contributed by atoms with Crippen LogP contribution < -0.4 is 25.4 Å². The molecule has 0 saturated carbocycles. The number of hydrogen-bond donors (Lipinski definition) is 3. The van der Waals surface area contributed by atoms with Gasteiger partial charge < -0.3 is 20.1 Å². The van der Waals surface area contributed by atoms with E-state index in [1.54, 1.807) is 25.1 Å². The normalized spacial score (nSPS) is 17.4. The number of rotatable bonds is 8. The van der Waals surface area contributed by atoms with Gasteiger partial charge in [-0.3, -0.25) is 19.8 Å². The van der Waals surface area contributed by atoms with Crippen molar-refractivity contribution in [1.29, 1.82) is 0 Å². The van der Waals surface area contributed by atoms with E-state index in [-0.39, 0.29) is 19.5 Å². The van der Waals surface area contributed by atoms with E-state index in [2.05, 4.69) is 16.0 Å². The Hall–Kier alpha value is -4.08. The van der Waals surface area contributed by atoms with Crippen LogP contribution in [0.4, 0.5) is 9.59 Å². The summed E-state index contributed by atoms with van der Waals surface area (Å²) in [5.41, 5.74) is 0.0554. The average Bonchev–Trinajstić information content (AvgIpc) is 3.04. The standard InChI is InChI=1S/C23H26N4O6/c1-23(16-9-10-17(32-2)18(13-16)33-3)20(29)27(22(31)26-23)12-11-19(28)25-21(30)24-14-15-7-5-4-6-8-15/h4-10,13H,11-12,14H2,1-3H3,(H,26,31)(H2,24,25,28,30)/t23-/m1/s1. The van der Waals surface area contributed by atoms with Gasteiger partial charge in [0, 0.05) is 19.5 Å². The van der Waals surface area contributed by atoms with Gasteiger partial charge in [0.05, 0.1) is 14.2 Å². The summed E-state index contributed by atoms with van der Waals surface area (Å²) >= 11 is 0. The summed E-state index contributed by atoms with van der Waals surface area (Å²) in [6.45, 7) is 1.66. The Labute approximate surface area is 191 Å². The van der Waals surface area contributed by atoms with E-state index in [1.807, 2.05) is 30.3 Å². The zero-order valence-corrected chi connectivity index (χ0v) is 18.6. The summed E-state index contributed by atoms with van der Waals surface area (Å²) in [6, 6.07) is 12.9. The first kappa shape index (κ1) is 23.6. The number of methoxy groups -OCH3 is 2. The number of nitrogens with zero attached hydrogens (tertiary/aromatic N) is 1. The third-order valence-corrected chi connectivity index (χ3v) is 5.35. The van der Waals surface area contributed by atoms with Crippen LogP contribution in [0.25, 0.3) is 0 Å². The van der Waals surface area contributed by atoms with Gasteiger partial charge in [-0.15, -0.1) is 0 Å². The van der Waals surface area contributed by atoms with Crippen molar-refractivity contribution >= 4 is 23.9 Å². The minimum Gasteiger partial charge on any atom is -0.493 e. The van der Waals surface area contributed by atoms with Crippen molar-refractivity contribution in [3.05, 3.63) is 59.7 Å². The summed E-state index contributed by atoms with van der Waals surface area (Å²) in [4.78, 5) is 50.6. The lowest BCUT2D eigenvalue weighted by atomic mass is 9.91. The van der Waals surface area contributed by atoms with E-state index in [1.165, 1.54) is 14.2 Å². The number of ether oxygens (including phenoxy) is 2. The number of carbonyl (C=O) groups excluding carboxylic acids is 4. The highest BCUT2D eigenvalue weighted by molar-refractivity contribution is 6.07. The molecule has 33 heavy (non-hydrogen) atoms. The molecule has 1 aliphatic heterocycles. The molecule has 2 aromatic rings. The van der Waals surface area contributed by atoms with Gasteiger partial charge in [0.2, 0.25) is 5.91 Å². The van der Waals surface area contributed by atoms with Gasteiger partial charge in [-0.1, -0.05) is 36.4 Å². The third-order valence-electron chi connectivity index (χ3n) is 5.35. The first-order valence-electron chi connectivity index (χ1n) is 10.3. The van der Waals surface area contributed by atoms with Crippen LogP contribution >= 0.6 is 0 Å². The Morgan fingerprint density at radius 1 is 1.03 bits per heavy atom. The molecule has 1 atom stereocenters. The van der Waals surface area contributed by atoms with Crippen molar-refractivity contribution in [2.75, 3.05) is 20.8 Å². The summed E-state index contributed by atoms with van der Waals surface area (Å²) in [5.74, 6) is -0.222. The fourth-order valence-electron chi connectivity index (χ4n) is 3.47. The van der Waals surface area contributed by atoms with E-state index < -0.39 is 29.4 Å². The highest BCUT2D eigenvalue weighted by atomic mass is 16.5. The Bertz CT molecular complexity index is 1060. The molecule has 1 heterocycles. The molecule has 0 spiro atoms. The summed E-state index contributed by atoms with van der Waals surface area (Å²) in [6.07, 6.45) is -0.222. The molecule has 0 aliphatic carbocycles. The smallest absolute Gasteiger partial charge is 0.325 e. The minimum absolute atomic E-state index is 0.175. The van der Waals surface area contributed by atoms with Gasteiger partial charge in [-0.2, -0.15) is 0 Å². The molecule has 3 N–H and O–H groups in total. The maximum atomic E-state index is 13.0. The fraction of sp³-hybridized carbons (Fsp3) is 0.304. The highest BCUT2D eigenvalue weighted by Gasteiger charge is 2.49. The second-order valence-electron chi connectivity index (χ2n) is 7.55. The Balaban J connectivity index is 1.57. The predicted molar refractivity (Wildman–Crippen MR) is 119 cm³/mol. The third kappa shape index (κ3) is 5.22. The molecular weight excluding hydrogens is 428 g/mol. The predicted octanol–water partition coefficient (Wildman–Crippen LogP) is 1.89. The number of imide groups is 2. The zero-order chi connectivity index (χ0) is 24.0. The Morgan fingerprint density at radius 3 is 2.39 bits per heavy atom. The molecule has 0 unspecified atom stereocenters. The van der Waals surface area contributed by atoms with Crippen LogP contribution in [-0.4, -0.2) is 49.5 Å². The number of nitrogens with one attached hydrogen (secondary N) is 3. The monoisotopic (exact) mass is 454 g/mol. The number of hydrogen-bond acceptors (Lipinski definition) is 6. The van der Waals surface area contributed by atoms with Crippen LogP contribution in [0, 0.1) is 0 Å². The number of amides is 6. The van der Waals surface area contributed by atoms with Gasteiger partial charge in [-0.05, 0) is 30.2 Å². The van der Waals surface area contributed by atoms with Crippen molar-refractivity contribution in [1.82, 2.24) is 20.9 Å². The lowest BCUT2D eigenvalue weighted by molar-refractivity contribution is -0.131. The van der Waals surface area contributed by atoms with Gasteiger partial charge in [0.1, 0.15) is 5.54 Å². The fourth-order valence-corrected chi connectivity index (χ4v) is 3.47. The largest absolute Gasteiger partial charge is 0.493 e. The van der Waals surface area contributed by atoms with Gasteiger partial charge >= 0.3 is 12.1 Å². The van der Waals surface area contributed by atoms with E-state index in [0.717, 1.165) is 10.5 Å². The number of benzene rings is 2. The van der Waals surface area contributed by atoms with Crippen LogP contribution in [0.2, 0.25) is 0 Å². The second kappa shape index (κ2) is 10.0. The molecule has 2 aromatic carbocycles. The molecule has 6 amide bonds. The van der Waals surface area contributed by atoms with Crippen molar-refractivity contribution < 1.29 is 28.7 Å². The summed E-state index contributed by atoms with van der Waals surface area (Å²) < 4.78 is 10.5. The van der Waals surface area contributed by atoms with Crippen molar-refractivity contribution in [3.8, 4) is 11.5 Å². The molecular formula is C23H26N4O6. The molecule has 1 aliphatic rings. The Morgan fingerprint density at radius 2 is 1.73 bits per heavy atom. The van der Waals surface area contributed by atoms with Gasteiger partial charge in [-0.25, -0.2) is 9.59 Å². The van der Waals surface area contributed by atoms with Crippen LogP contribution in [0.3, 0.4) is 0 Å². The Kier molecular flexibility index (Phi) is 7.17. The number of carbonyl (C=O) groups is 4. The van der Waals surface area contributed by atoms with E-state index in [4.69, 9.17) is 9.47 Å². The quantitative estimate of drug-likeness (QED) is 0.523. The topological polar surface area (TPSA) is 126 Å². The van der Waals surface area contributed by atoms with Gasteiger partial charge in [0.25, 0.3) is 5.91 Å². The molecule has 174 valence electrons. The first-order chi connectivity index (χ1) is 15.8. The van der Waals surface area contributed by atoms with E-state index in [0.29, 0.717) is 17.1 Å². The second-order valence-corrected chi connectivity index (χ2v) is 7.55. The highest BCUT2D eigenvalue weighted by Crippen LogP contribution is 2.35. The summed E-state index contributed by atoms with van der Waals surface area (Å²) in [5, 5.41) is 7.44. The maximum Gasteiger partial charge on any atom is 0.325 e. The first-order valence-corrected chi connectivity index (χ1v) is 10.3. The molecule has 1 saturated heterocycles. The summed E-state index contributed by atoms with van der Waals surface area (Å²) in [7, 11) is 2.97. The minimum atomic E-state index is -1.33. The zero-order valence-electron chi connectivity index (χ0n) is 18.6. The molecule has 3 rings (SSSR count). The molecule has 0 aromatic heterocycles. The van der Waals surface area contributed by atoms with Crippen LogP contribution in [0.1, 0.15) is 24.5 Å². The van der Waals surface area contributed by atoms with Crippen molar-refractivity contribution in [3.63, 3.8) is 0 Å². The molecule has 0 radical (unpaired) electrons. The van der Waals surface area contributed by atoms with Crippen LogP contribution in [0.15, 0.2) is 48.5 Å². The van der Waals surface area contributed by atoms with E-state index >= 15 is 0 Å². The van der Waals surface area contributed by atoms with Crippen LogP contribution in [0.5, 0.6) is 11.5 Å². The SMILES string of the molecule is COc1ccc([C@@]2(C)NC(=O)N(CCC(=O)NC(=O)NCc3ccccc3)C2=O)cc1OC. The maximum absolute atomic E-state index is 13.0. The number of urea groups is 2.